The van der Waals surface area contributed by atoms with Crippen molar-refractivity contribution in [1.82, 2.24) is 4.90 Å². The van der Waals surface area contributed by atoms with Crippen LogP contribution in [0, 0.1) is 12.7 Å². The van der Waals surface area contributed by atoms with Gasteiger partial charge in [-0.2, -0.15) is 0 Å². The number of amides is 1. The first-order chi connectivity index (χ1) is 13.8. The van der Waals surface area contributed by atoms with Crippen molar-refractivity contribution in [2.45, 2.75) is 32.9 Å². The minimum atomic E-state index is -1.02. The van der Waals surface area contributed by atoms with Crippen LogP contribution < -0.4 is 0 Å². The lowest BCUT2D eigenvalue weighted by Crippen LogP contribution is -2.33. The number of rotatable bonds is 6. The highest BCUT2D eigenvalue weighted by Crippen LogP contribution is 2.40. The van der Waals surface area contributed by atoms with Crippen LogP contribution in [0.1, 0.15) is 36.6 Å². The fraction of sp³-hybridized carbons (Fsp3) is 0.304. The van der Waals surface area contributed by atoms with Crippen molar-refractivity contribution in [1.29, 1.82) is 0 Å². The van der Waals surface area contributed by atoms with Crippen LogP contribution in [-0.2, 0) is 14.3 Å². The van der Waals surface area contributed by atoms with E-state index in [1.54, 1.807) is 30.3 Å². The third-order valence-corrected chi connectivity index (χ3v) is 4.85. The third-order valence-electron chi connectivity index (χ3n) is 4.85. The Labute approximate surface area is 169 Å². The Morgan fingerprint density at radius 1 is 1.14 bits per heavy atom. The molecule has 2 aromatic rings. The highest BCUT2D eigenvalue weighted by Gasteiger charge is 2.46. The SMILES string of the molecule is Cc1ccc(/C(O)=C2/C(=O)C(=O)N(CCOC(C)C)C2c2ccccc2F)cc1. The van der Waals surface area contributed by atoms with Crippen molar-refractivity contribution in [3.63, 3.8) is 0 Å². The predicted molar refractivity (Wildman–Crippen MR) is 108 cm³/mol. The summed E-state index contributed by atoms with van der Waals surface area (Å²) in [5.74, 6) is -2.48. The minimum absolute atomic E-state index is 0.0497. The van der Waals surface area contributed by atoms with Gasteiger partial charge in [-0.05, 0) is 26.8 Å². The molecule has 1 N–H and O–H groups in total. The van der Waals surface area contributed by atoms with Gasteiger partial charge in [0.2, 0.25) is 0 Å². The maximum absolute atomic E-state index is 14.6. The monoisotopic (exact) mass is 397 g/mol. The molecule has 2 aromatic carbocycles. The summed E-state index contributed by atoms with van der Waals surface area (Å²) in [6, 6.07) is 11.8. The normalized spacial score (nSPS) is 18.7. The number of Topliss-reactive ketones (excluding diaryl/α,β-unsaturated/α-hetero) is 1. The van der Waals surface area contributed by atoms with E-state index < -0.39 is 23.5 Å². The molecule has 1 fully saturated rings. The Kier molecular flexibility index (Phi) is 6.13. The Morgan fingerprint density at radius 3 is 2.41 bits per heavy atom. The van der Waals surface area contributed by atoms with Crippen LogP contribution in [0.15, 0.2) is 54.1 Å². The van der Waals surface area contributed by atoms with Gasteiger partial charge >= 0.3 is 0 Å². The van der Waals surface area contributed by atoms with E-state index in [1.807, 2.05) is 20.8 Å². The van der Waals surface area contributed by atoms with E-state index in [4.69, 9.17) is 4.74 Å². The molecule has 1 saturated heterocycles. The van der Waals surface area contributed by atoms with Crippen LogP contribution in [0.25, 0.3) is 5.76 Å². The van der Waals surface area contributed by atoms with Crippen LogP contribution in [0.5, 0.6) is 0 Å². The maximum atomic E-state index is 14.6. The molecule has 6 heteroatoms. The molecule has 0 bridgehead atoms. The molecule has 1 aliphatic rings. The van der Waals surface area contributed by atoms with E-state index in [1.165, 1.54) is 23.1 Å². The highest BCUT2D eigenvalue weighted by molar-refractivity contribution is 6.46. The average Bonchev–Trinajstić information content (AvgIpc) is 2.93. The van der Waals surface area contributed by atoms with Crippen LogP contribution in [0.2, 0.25) is 0 Å². The number of aliphatic hydroxyl groups excluding tert-OH is 1. The van der Waals surface area contributed by atoms with Crippen LogP contribution in [0.4, 0.5) is 4.39 Å². The van der Waals surface area contributed by atoms with E-state index in [9.17, 15) is 19.1 Å². The number of likely N-dealkylation sites (tertiary alicyclic amines) is 1. The summed E-state index contributed by atoms with van der Waals surface area (Å²) in [6.07, 6.45) is -0.0497. The number of hydrogen-bond donors (Lipinski definition) is 1. The number of aliphatic hydroxyl groups is 1. The fourth-order valence-electron chi connectivity index (χ4n) is 3.38. The van der Waals surface area contributed by atoms with Gasteiger partial charge in [0, 0.05) is 17.7 Å². The summed E-state index contributed by atoms with van der Waals surface area (Å²) < 4.78 is 20.1. The van der Waals surface area contributed by atoms with E-state index in [2.05, 4.69) is 0 Å². The van der Waals surface area contributed by atoms with E-state index in [0.717, 1.165) is 5.56 Å². The first-order valence-electron chi connectivity index (χ1n) is 9.52. The summed E-state index contributed by atoms with van der Waals surface area (Å²) >= 11 is 0. The number of ether oxygens (including phenoxy) is 1. The maximum Gasteiger partial charge on any atom is 0.295 e. The first kappa shape index (κ1) is 20.7. The molecule has 1 heterocycles. The van der Waals surface area contributed by atoms with Gasteiger partial charge < -0.3 is 14.7 Å². The molecule has 1 atom stereocenters. The summed E-state index contributed by atoms with van der Waals surface area (Å²) in [4.78, 5) is 26.8. The molecule has 0 radical (unpaired) electrons. The van der Waals surface area contributed by atoms with Gasteiger partial charge in [0.05, 0.1) is 24.3 Å². The second-order valence-electron chi connectivity index (χ2n) is 7.30. The zero-order valence-electron chi connectivity index (χ0n) is 16.7. The van der Waals surface area contributed by atoms with Crippen molar-refractivity contribution in [3.8, 4) is 0 Å². The standard InChI is InChI=1S/C23H24FNO4/c1-14(2)29-13-12-25-20(17-6-4-5-7-18(17)24)19(22(27)23(25)28)21(26)16-10-8-15(3)9-11-16/h4-11,14,20,26H,12-13H2,1-3H3/b21-19-. The Bertz CT molecular complexity index is 950. The minimum Gasteiger partial charge on any atom is -0.507 e. The van der Waals surface area contributed by atoms with Crippen molar-refractivity contribution < 1.29 is 23.8 Å². The third kappa shape index (κ3) is 4.22. The van der Waals surface area contributed by atoms with Gasteiger partial charge in [0.25, 0.3) is 11.7 Å². The van der Waals surface area contributed by atoms with Gasteiger partial charge in [-0.25, -0.2) is 4.39 Å². The largest absolute Gasteiger partial charge is 0.507 e. The molecule has 1 aliphatic heterocycles. The highest BCUT2D eigenvalue weighted by atomic mass is 19.1. The van der Waals surface area contributed by atoms with Gasteiger partial charge in [-0.15, -0.1) is 0 Å². The zero-order chi connectivity index (χ0) is 21.1. The van der Waals surface area contributed by atoms with E-state index in [-0.39, 0.29) is 36.2 Å². The number of aryl methyl sites for hydroxylation is 1. The molecule has 5 nitrogen and oxygen atoms in total. The second-order valence-corrected chi connectivity index (χ2v) is 7.30. The lowest BCUT2D eigenvalue weighted by atomic mass is 9.94. The average molecular weight is 397 g/mol. The van der Waals surface area contributed by atoms with Gasteiger partial charge in [-0.1, -0.05) is 48.0 Å². The summed E-state index contributed by atoms with van der Waals surface area (Å²) in [5.41, 5.74) is 1.42. The number of ketones is 1. The van der Waals surface area contributed by atoms with Crippen molar-refractivity contribution >= 4 is 17.4 Å². The van der Waals surface area contributed by atoms with E-state index >= 15 is 0 Å². The second kappa shape index (κ2) is 8.57. The van der Waals surface area contributed by atoms with Crippen molar-refractivity contribution in [2.75, 3.05) is 13.2 Å². The number of nitrogens with zero attached hydrogens (tertiary/aromatic N) is 1. The molecule has 0 spiro atoms. The fourth-order valence-corrected chi connectivity index (χ4v) is 3.38. The van der Waals surface area contributed by atoms with Crippen LogP contribution >= 0.6 is 0 Å². The van der Waals surface area contributed by atoms with Gasteiger partial charge in [-0.3, -0.25) is 9.59 Å². The molecule has 0 aromatic heterocycles. The molecule has 1 unspecified atom stereocenters. The Hall–Kier alpha value is -2.99. The van der Waals surface area contributed by atoms with E-state index in [0.29, 0.717) is 5.56 Å². The number of hydrogen-bond acceptors (Lipinski definition) is 4. The predicted octanol–water partition coefficient (Wildman–Crippen LogP) is 3.98. The molecular formula is C23H24FNO4. The summed E-state index contributed by atoms with van der Waals surface area (Å²) in [7, 11) is 0. The quantitative estimate of drug-likeness (QED) is 0.455. The van der Waals surface area contributed by atoms with Gasteiger partial charge in [0.15, 0.2) is 0 Å². The molecule has 152 valence electrons. The molecule has 1 amide bonds. The van der Waals surface area contributed by atoms with Crippen molar-refractivity contribution in [2.24, 2.45) is 0 Å². The number of carbonyl (C=O) groups excluding carboxylic acids is 2. The van der Waals surface area contributed by atoms with Crippen LogP contribution in [-0.4, -0.2) is 41.0 Å². The smallest absolute Gasteiger partial charge is 0.295 e. The molecule has 0 aliphatic carbocycles. The molecule has 3 rings (SSSR count). The summed E-state index contributed by atoms with van der Waals surface area (Å²) in [6.45, 7) is 5.92. The first-order valence-corrected chi connectivity index (χ1v) is 9.52. The van der Waals surface area contributed by atoms with Crippen LogP contribution in [0.3, 0.4) is 0 Å². The lowest BCUT2D eigenvalue weighted by Gasteiger charge is -2.26. The van der Waals surface area contributed by atoms with Gasteiger partial charge in [0.1, 0.15) is 11.6 Å². The Balaban J connectivity index is 2.11. The molecular weight excluding hydrogens is 373 g/mol. The topological polar surface area (TPSA) is 66.8 Å². The Morgan fingerprint density at radius 2 is 1.79 bits per heavy atom. The zero-order valence-corrected chi connectivity index (χ0v) is 16.7. The number of benzene rings is 2. The number of halogens is 1. The lowest BCUT2D eigenvalue weighted by molar-refractivity contribution is -0.140. The van der Waals surface area contributed by atoms with Crippen molar-refractivity contribution in [3.05, 3.63) is 76.6 Å². The molecule has 0 saturated carbocycles. The number of carbonyl (C=O) groups is 2. The summed E-state index contributed by atoms with van der Waals surface area (Å²) in [5, 5.41) is 10.9. The molecule has 29 heavy (non-hydrogen) atoms.